The van der Waals surface area contributed by atoms with Crippen molar-refractivity contribution in [3.63, 3.8) is 0 Å². The zero-order valence-corrected chi connectivity index (χ0v) is 8.49. The number of amides is 1. The molecule has 0 bridgehead atoms. The van der Waals surface area contributed by atoms with Crippen LogP contribution < -0.4 is 11.1 Å². The highest BCUT2D eigenvalue weighted by Gasteiger charge is 2.42. The van der Waals surface area contributed by atoms with Crippen LogP contribution in [0.5, 0.6) is 0 Å². The summed E-state index contributed by atoms with van der Waals surface area (Å²) in [4.78, 5) is 11.6. The fraction of sp³-hybridized carbons (Fsp3) is 0.250. The summed E-state index contributed by atoms with van der Waals surface area (Å²) in [5.74, 6) is -0.340. The van der Waals surface area contributed by atoms with E-state index in [9.17, 15) is 4.79 Å². The maximum absolute atomic E-state index is 11.6. The molecule has 0 spiro atoms. The maximum Gasteiger partial charge on any atom is 0.242 e. The quantitative estimate of drug-likeness (QED) is 0.720. The number of hydrogen-bond donors (Lipinski definition) is 2. The molecular formula is C12H14N2O. The average Bonchev–Trinajstić information content (AvgIpc) is 2.60. The van der Waals surface area contributed by atoms with Gasteiger partial charge in [0, 0.05) is 6.54 Å². The minimum atomic E-state index is -0.752. The van der Waals surface area contributed by atoms with Gasteiger partial charge in [0.2, 0.25) is 5.91 Å². The first kappa shape index (κ1) is 9.93. The summed E-state index contributed by atoms with van der Waals surface area (Å²) in [5, 5.41) is 3.19. The second-order valence-electron chi connectivity index (χ2n) is 3.77. The van der Waals surface area contributed by atoms with Crippen molar-refractivity contribution in [1.82, 2.24) is 5.32 Å². The van der Waals surface area contributed by atoms with Crippen LogP contribution in [-0.4, -0.2) is 5.91 Å². The monoisotopic (exact) mass is 202 g/mol. The summed E-state index contributed by atoms with van der Waals surface area (Å²) in [5.41, 5.74) is 6.85. The molecule has 1 aromatic rings. The highest BCUT2D eigenvalue weighted by Crippen LogP contribution is 2.33. The molecule has 0 radical (unpaired) electrons. The van der Waals surface area contributed by atoms with Crippen LogP contribution >= 0.6 is 0 Å². The van der Waals surface area contributed by atoms with Gasteiger partial charge in [0.15, 0.2) is 0 Å². The molecule has 78 valence electrons. The van der Waals surface area contributed by atoms with E-state index in [4.69, 9.17) is 5.73 Å². The molecular weight excluding hydrogens is 188 g/mol. The molecule has 1 aliphatic rings. The molecule has 1 heterocycles. The van der Waals surface area contributed by atoms with Crippen molar-refractivity contribution in [1.29, 1.82) is 0 Å². The van der Waals surface area contributed by atoms with Gasteiger partial charge >= 0.3 is 0 Å². The van der Waals surface area contributed by atoms with E-state index in [-0.39, 0.29) is 5.91 Å². The number of nitrogens with one attached hydrogen (secondary N) is 1. The van der Waals surface area contributed by atoms with Crippen molar-refractivity contribution in [3.8, 4) is 0 Å². The Balaban J connectivity index is 2.53. The Labute approximate surface area is 89.0 Å². The van der Waals surface area contributed by atoms with Crippen molar-refractivity contribution in [2.24, 2.45) is 5.73 Å². The largest absolute Gasteiger partial charge is 0.368 e. The van der Waals surface area contributed by atoms with Crippen molar-refractivity contribution in [3.05, 3.63) is 48.0 Å². The van der Waals surface area contributed by atoms with E-state index < -0.39 is 5.54 Å². The summed E-state index contributed by atoms with van der Waals surface area (Å²) in [6.07, 6.45) is 2.25. The number of rotatable bonds is 3. The van der Waals surface area contributed by atoms with Gasteiger partial charge in [-0.3, -0.25) is 10.1 Å². The first-order chi connectivity index (χ1) is 7.20. The van der Waals surface area contributed by atoms with Gasteiger partial charge in [-0.05, 0) is 17.5 Å². The van der Waals surface area contributed by atoms with Crippen LogP contribution in [0.2, 0.25) is 0 Å². The lowest BCUT2D eigenvalue weighted by molar-refractivity contribution is -0.124. The number of benzene rings is 1. The number of fused-ring (bicyclic) bond motifs is 1. The van der Waals surface area contributed by atoms with E-state index in [1.165, 1.54) is 0 Å². The zero-order valence-electron chi connectivity index (χ0n) is 8.49. The fourth-order valence-corrected chi connectivity index (χ4v) is 2.15. The van der Waals surface area contributed by atoms with Gasteiger partial charge in [0.1, 0.15) is 5.54 Å². The van der Waals surface area contributed by atoms with Gasteiger partial charge < -0.3 is 5.73 Å². The molecule has 2 rings (SSSR count). The van der Waals surface area contributed by atoms with Crippen molar-refractivity contribution >= 4 is 5.91 Å². The Bertz CT molecular complexity index is 414. The molecule has 0 saturated heterocycles. The lowest BCUT2D eigenvalue weighted by atomic mass is 9.87. The van der Waals surface area contributed by atoms with Crippen LogP contribution in [-0.2, 0) is 16.9 Å². The van der Waals surface area contributed by atoms with Gasteiger partial charge in [-0.25, -0.2) is 0 Å². The standard InChI is InChI=1S/C12H14N2O/c1-2-7-12(11(13)15)10-6-4-3-5-9(10)8-14-12/h2-6,14H,1,7-8H2,(H2,13,15). The summed E-state index contributed by atoms with van der Waals surface area (Å²) in [7, 11) is 0. The first-order valence-corrected chi connectivity index (χ1v) is 4.95. The molecule has 0 aliphatic carbocycles. The summed E-state index contributed by atoms with van der Waals surface area (Å²) >= 11 is 0. The second-order valence-corrected chi connectivity index (χ2v) is 3.77. The Hall–Kier alpha value is -1.61. The predicted octanol–water partition coefficient (Wildman–Crippen LogP) is 1.05. The molecule has 0 saturated carbocycles. The fourth-order valence-electron chi connectivity index (χ4n) is 2.15. The van der Waals surface area contributed by atoms with E-state index in [1.54, 1.807) is 6.08 Å². The van der Waals surface area contributed by atoms with E-state index >= 15 is 0 Å². The molecule has 3 heteroatoms. The molecule has 0 aromatic heterocycles. The van der Waals surface area contributed by atoms with Crippen LogP contribution in [0.4, 0.5) is 0 Å². The van der Waals surface area contributed by atoms with Crippen molar-refractivity contribution < 1.29 is 4.79 Å². The molecule has 1 unspecified atom stereocenters. The van der Waals surface area contributed by atoms with Gasteiger partial charge in [-0.15, -0.1) is 6.58 Å². The van der Waals surface area contributed by atoms with Crippen LogP contribution in [0.3, 0.4) is 0 Å². The number of hydrogen-bond acceptors (Lipinski definition) is 2. The minimum Gasteiger partial charge on any atom is -0.368 e. The van der Waals surface area contributed by atoms with E-state index in [0.717, 1.165) is 11.1 Å². The number of carbonyl (C=O) groups is 1. The van der Waals surface area contributed by atoms with Crippen molar-refractivity contribution in [2.75, 3.05) is 0 Å². The highest BCUT2D eigenvalue weighted by molar-refractivity contribution is 5.87. The van der Waals surface area contributed by atoms with Crippen molar-refractivity contribution in [2.45, 2.75) is 18.5 Å². The SMILES string of the molecule is C=CCC1(C(N)=O)NCc2ccccc21. The van der Waals surface area contributed by atoms with Gasteiger partial charge in [0.25, 0.3) is 0 Å². The third-order valence-electron chi connectivity index (χ3n) is 2.93. The molecule has 15 heavy (non-hydrogen) atoms. The Morgan fingerprint density at radius 3 is 3.00 bits per heavy atom. The zero-order chi connectivity index (χ0) is 10.9. The first-order valence-electron chi connectivity index (χ1n) is 4.95. The van der Waals surface area contributed by atoms with Gasteiger partial charge in [-0.2, -0.15) is 0 Å². The van der Waals surface area contributed by atoms with E-state index in [1.807, 2.05) is 24.3 Å². The third-order valence-corrected chi connectivity index (χ3v) is 2.93. The molecule has 3 nitrogen and oxygen atoms in total. The molecule has 1 atom stereocenters. The Morgan fingerprint density at radius 1 is 1.60 bits per heavy atom. The van der Waals surface area contributed by atoms with Crippen LogP contribution in [0, 0.1) is 0 Å². The number of carbonyl (C=O) groups excluding carboxylic acids is 1. The van der Waals surface area contributed by atoms with E-state index in [2.05, 4.69) is 11.9 Å². The van der Waals surface area contributed by atoms with Crippen LogP contribution in [0.25, 0.3) is 0 Å². The predicted molar refractivity (Wildman–Crippen MR) is 59.0 cm³/mol. The maximum atomic E-state index is 11.6. The van der Waals surface area contributed by atoms with Gasteiger partial charge in [-0.1, -0.05) is 30.3 Å². The molecule has 1 aliphatic heterocycles. The lowest BCUT2D eigenvalue weighted by Crippen LogP contribution is -2.48. The molecule has 1 aromatic carbocycles. The average molecular weight is 202 g/mol. The summed E-state index contributed by atoms with van der Waals surface area (Å²) < 4.78 is 0. The topological polar surface area (TPSA) is 55.1 Å². The minimum absolute atomic E-state index is 0.340. The van der Waals surface area contributed by atoms with Crippen LogP contribution in [0.15, 0.2) is 36.9 Å². The molecule has 3 N–H and O–H groups in total. The third kappa shape index (κ3) is 1.36. The molecule has 1 amide bonds. The summed E-state index contributed by atoms with van der Waals surface area (Å²) in [6.45, 7) is 4.36. The summed E-state index contributed by atoms with van der Waals surface area (Å²) in [6, 6.07) is 7.85. The van der Waals surface area contributed by atoms with E-state index in [0.29, 0.717) is 13.0 Å². The number of nitrogens with two attached hydrogens (primary N) is 1. The Morgan fingerprint density at radius 2 is 2.33 bits per heavy atom. The lowest BCUT2D eigenvalue weighted by Gasteiger charge is -2.25. The smallest absolute Gasteiger partial charge is 0.242 e. The molecule has 0 fully saturated rings. The normalized spacial score (nSPS) is 23.5. The van der Waals surface area contributed by atoms with Gasteiger partial charge in [0.05, 0.1) is 0 Å². The second kappa shape index (κ2) is 3.51. The highest BCUT2D eigenvalue weighted by atomic mass is 16.1. The van der Waals surface area contributed by atoms with Crippen LogP contribution in [0.1, 0.15) is 17.5 Å². The Kier molecular flexibility index (Phi) is 2.32. The number of primary amides is 1.